The molecule has 0 saturated heterocycles. The molecule has 0 aromatic rings. The molecule has 0 amide bonds. The number of nitrogens with one attached hydrogen (secondary N) is 1. The summed E-state index contributed by atoms with van der Waals surface area (Å²) in [4.78, 5) is 0. The van der Waals surface area contributed by atoms with Crippen LogP contribution in [0.2, 0.25) is 0 Å². The van der Waals surface area contributed by atoms with Crippen LogP contribution in [0.25, 0.3) is 0 Å². The molecular formula is C9H18NO3S-. The van der Waals surface area contributed by atoms with Crippen LogP contribution < -0.4 is 5.32 Å². The van der Waals surface area contributed by atoms with E-state index >= 15 is 0 Å². The van der Waals surface area contributed by atoms with E-state index in [1.54, 1.807) is 6.92 Å². The highest BCUT2D eigenvalue weighted by Gasteiger charge is 2.13. The molecule has 1 fully saturated rings. The first-order valence-corrected chi connectivity index (χ1v) is 6.18. The van der Waals surface area contributed by atoms with Crippen molar-refractivity contribution >= 4 is 11.4 Å². The summed E-state index contributed by atoms with van der Waals surface area (Å²) in [6.07, 6.45) is 6.02. The van der Waals surface area contributed by atoms with Gasteiger partial charge in [-0.05, 0) is 19.8 Å². The molecule has 14 heavy (non-hydrogen) atoms. The van der Waals surface area contributed by atoms with Crippen LogP contribution in [0.1, 0.15) is 39.0 Å². The van der Waals surface area contributed by atoms with Gasteiger partial charge in [0, 0.05) is 12.6 Å². The molecule has 1 N–H and O–H groups in total. The average molecular weight is 220 g/mol. The van der Waals surface area contributed by atoms with Crippen LogP contribution in [-0.2, 0) is 15.5 Å². The van der Waals surface area contributed by atoms with Gasteiger partial charge in [0.15, 0.2) is 0 Å². The van der Waals surface area contributed by atoms with Crippen molar-refractivity contribution in [2.24, 2.45) is 0 Å². The Kier molecular flexibility index (Phi) is 5.62. The second-order valence-electron chi connectivity index (χ2n) is 3.85. The summed E-state index contributed by atoms with van der Waals surface area (Å²) in [6, 6.07) is 0.551. The van der Waals surface area contributed by atoms with Gasteiger partial charge in [-0.15, -0.1) is 0 Å². The van der Waals surface area contributed by atoms with Crippen molar-refractivity contribution in [2.75, 3.05) is 6.54 Å². The van der Waals surface area contributed by atoms with E-state index in [1.807, 2.05) is 0 Å². The first-order valence-electron chi connectivity index (χ1n) is 5.18. The molecular weight excluding hydrogens is 202 g/mol. The fourth-order valence-electron chi connectivity index (χ4n) is 1.81. The minimum absolute atomic E-state index is 0.268. The molecule has 0 spiro atoms. The molecule has 0 radical (unpaired) electrons. The third-order valence-corrected chi connectivity index (χ3v) is 3.03. The monoisotopic (exact) mass is 220 g/mol. The summed E-state index contributed by atoms with van der Waals surface area (Å²) in [5.41, 5.74) is 0. The van der Waals surface area contributed by atoms with Crippen LogP contribution in [0.5, 0.6) is 0 Å². The zero-order valence-electron chi connectivity index (χ0n) is 8.53. The molecule has 1 aliphatic carbocycles. The molecule has 1 unspecified atom stereocenters. The summed E-state index contributed by atoms with van der Waals surface area (Å²) < 4.78 is 25.0. The second kappa shape index (κ2) is 6.50. The van der Waals surface area contributed by atoms with Gasteiger partial charge in [0.05, 0.1) is 17.5 Å². The maximum Gasteiger partial charge on any atom is 0.0845 e. The minimum Gasteiger partial charge on any atom is -0.750 e. The lowest BCUT2D eigenvalue weighted by molar-refractivity contribution is 0.204. The Balaban J connectivity index is 2.09. The van der Waals surface area contributed by atoms with E-state index in [0.717, 1.165) is 0 Å². The Morgan fingerprint density at radius 1 is 1.50 bits per heavy atom. The third kappa shape index (κ3) is 5.05. The molecule has 0 heterocycles. The molecule has 4 nitrogen and oxygen atoms in total. The van der Waals surface area contributed by atoms with Crippen molar-refractivity contribution < 1.29 is 12.9 Å². The third-order valence-electron chi connectivity index (χ3n) is 2.54. The van der Waals surface area contributed by atoms with Crippen LogP contribution in [0.15, 0.2) is 0 Å². The van der Waals surface area contributed by atoms with Crippen LogP contribution in [0, 0.1) is 0 Å². The Morgan fingerprint density at radius 3 is 2.71 bits per heavy atom. The lowest BCUT2D eigenvalue weighted by atomic mass is 9.95. The number of rotatable bonds is 5. The summed E-state index contributed by atoms with van der Waals surface area (Å²) in [5.74, 6) is 0. The van der Waals surface area contributed by atoms with E-state index in [-0.39, 0.29) is 6.10 Å². The number of hydrogen-bond acceptors (Lipinski definition) is 4. The Hall–Kier alpha value is 0.0300. The summed E-state index contributed by atoms with van der Waals surface area (Å²) >= 11 is -2.39. The normalized spacial score (nSPS) is 23.3. The fraction of sp³-hybridized carbons (Fsp3) is 1.00. The summed E-state index contributed by atoms with van der Waals surface area (Å²) in [5, 5.41) is 3.33. The van der Waals surface area contributed by atoms with Crippen molar-refractivity contribution in [2.45, 2.75) is 51.2 Å². The predicted molar refractivity (Wildman–Crippen MR) is 54.3 cm³/mol. The van der Waals surface area contributed by atoms with Gasteiger partial charge in [-0.1, -0.05) is 19.3 Å². The maximum absolute atomic E-state index is 10.2. The van der Waals surface area contributed by atoms with E-state index in [9.17, 15) is 8.76 Å². The van der Waals surface area contributed by atoms with E-state index in [4.69, 9.17) is 0 Å². The topological polar surface area (TPSA) is 61.4 Å². The van der Waals surface area contributed by atoms with Gasteiger partial charge in [0.25, 0.3) is 0 Å². The smallest absolute Gasteiger partial charge is 0.0845 e. The van der Waals surface area contributed by atoms with Crippen LogP contribution in [0.3, 0.4) is 0 Å². The zero-order valence-corrected chi connectivity index (χ0v) is 9.35. The molecule has 0 bridgehead atoms. The van der Waals surface area contributed by atoms with Gasteiger partial charge in [-0.3, -0.25) is 4.18 Å². The van der Waals surface area contributed by atoms with Gasteiger partial charge < -0.3 is 9.87 Å². The summed E-state index contributed by atoms with van der Waals surface area (Å²) in [6.45, 7) is 2.37. The Labute approximate surface area is 87.9 Å². The van der Waals surface area contributed by atoms with Gasteiger partial charge >= 0.3 is 0 Å². The SMILES string of the molecule is C[C@@H](CNC1CCCCC1)OS(=O)[O-]. The zero-order chi connectivity index (χ0) is 10.4. The van der Waals surface area contributed by atoms with Crippen LogP contribution >= 0.6 is 0 Å². The first-order chi connectivity index (χ1) is 6.68. The molecule has 2 atom stereocenters. The molecule has 5 heteroatoms. The standard InChI is InChI=1S/C9H19NO3S/c1-8(13-14(11)12)7-10-9-5-3-2-4-6-9/h8-10H,2-7H2,1H3,(H,11,12)/p-1/t8-/m0/s1. The highest BCUT2D eigenvalue weighted by molar-refractivity contribution is 7.74. The minimum atomic E-state index is -2.39. The van der Waals surface area contributed by atoms with Crippen LogP contribution in [0.4, 0.5) is 0 Å². The van der Waals surface area contributed by atoms with Crippen LogP contribution in [-0.4, -0.2) is 27.5 Å². The molecule has 84 valence electrons. The van der Waals surface area contributed by atoms with Gasteiger partial charge in [-0.2, -0.15) is 0 Å². The van der Waals surface area contributed by atoms with Crippen molar-refractivity contribution in [3.63, 3.8) is 0 Å². The predicted octanol–water partition coefficient (Wildman–Crippen LogP) is 1.11. The van der Waals surface area contributed by atoms with E-state index in [2.05, 4.69) is 9.50 Å². The maximum atomic E-state index is 10.2. The molecule has 1 rings (SSSR count). The molecule has 0 aromatic carbocycles. The largest absolute Gasteiger partial charge is 0.750 e. The quantitative estimate of drug-likeness (QED) is 0.705. The van der Waals surface area contributed by atoms with Gasteiger partial charge in [0.1, 0.15) is 0 Å². The Bertz CT molecular complexity index is 183. The van der Waals surface area contributed by atoms with Crippen molar-refractivity contribution in [3.8, 4) is 0 Å². The Morgan fingerprint density at radius 2 is 2.14 bits per heavy atom. The second-order valence-corrected chi connectivity index (χ2v) is 4.45. The highest BCUT2D eigenvalue weighted by Crippen LogP contribution is 2.17. The van der Waals surface area contributed by atoms with Gasteiger partial charge in [-0.25, -0.2) is 4.21 Å². The lowest BCUT2D eigenvalue weighted by Crippen LogP contribution is -2.36. The first kappa shape index (κ1) is 12.1. The van der Waals surface area contributed by atoms with Gasteiger partial charge in [0.2, 0.25) is 0 Å². The molecule has 0 aliphatic heterocycles. The van der Waals surface area contributed by atoms with Crippen molar-refractivity contribution in [1.82, 2.24) is 5.32 Å². The summed E-state index contributed by atoms with van der Waals surface area (Å²) in [7, 11) is 0. The van der Waals surface area contributed by atoms with Crippen molar-refractivity contribution in [1.29, 1.82) is 0 Å². The highest BCUT2D eigenvalue weighted by atomic mass is 32.2. The van der Waals surface area contributed by atoms with E-state index in [0.29, 0.717) is 12.6 Å². The lowest BCUT2D eigenvalue weighted by Gasteiger charge is -2.24. The average Bonchev–Trinajstić information content (AvgIpc) is 2.15. The fourth-order valence-corrected chi connectivity index (χ4v) is 2.14. The number of hydrogen-bond donors (Lipinski definition) is 1. The van der Waals surface area contributed by atoms with E-state index < -0.39 is 11.4 Å². The van der Waals surface area contributed by atoms with E-state index in [1.165, 1.54) is 32.1 Å². The van der Waals surface area contributed by atoms with Crippen molar-refractivity contribution in [3.05, 3.63) is 0 Å². The molecule has 1 aliphatic rings. The molecule has 1 saturated carbocycles. The molecule has 0 aromatic heterocycles.